The van der Waals surface area contributed by atoms with Crippen LogP contribution in [0.2, 0.25) is 0 Å². The third-order valence-electron chi connectivity index (χ3n) is 1.97. The van der Waals surface area contributed by atoms with E-state index in [2.05, 4.69) is 9.72 Å². The Balaban J connectivity index is 3.50. The van der Waals surface area contributed by atoms with Crippen LogP contribution >= 0.6 is 11.6 Å². The zero-order valence-corrected chi connectivity index (χ0v) is 10.0. The highest BCUT2D eigenvalue weighted by Crippen LogP contribution is 2.35. The Morgan fingerprint density at radius 2 is 1.85 bits per heavy atom. The van der Waals surface area contributed by atoms with E-state index in [1.807, 2.05) is 0 Å². The van der Waals surface area contributed by atoms with Crippen LogP contribution in [0.25, 0.3) is 0 Å². The molecule has 11 heteroatoms. The smallest absolute Gasteiger partial charge is 0.388 e. The molecule has 0 aliphatic carbocycles. The zero-order chi connectivity index (χ0) is 15.7. The summed E-state index contributed by atoms with van der Waals surface area (Å²) in [6, 6.07) is 0.465. The number of nitrogens with zero attached hydrogens (tertiary/aromatic N) is 1. The molecule has 0 atom stereocenters. The molecule has 0 aliphatic heterocycles. The number of rotatable bonds is 3. The highest BCUT2D eigenvalue weighted by atomic mass is 35.5. The first-order chi connectivity index (χ1) is 8.95. The number of ether oxygens (including phenoxy) is 1. The lowest BCUT2D eigenvalue weighted by Crippen LogP contribution is -2.22. The quantitative estimate of drug-likeness (QED) is 0.686. The molecule has 0 saturated heterocycles. The summed E-state index contributed by atoms with van der Waals surface area (Å²) in [6.45, 7) is -0.631. The number of nitrogens with two attached hydrogens (primary N) is 1. The topological polar surface area (TPSA) is 65.2 Å². The first kappa shape index (κ1) is 16.5. The van der Waals surface area contributed by atoms with Gasteiger partial charge < -0.3 is 10.5 Å². The van der Waals surface area contributed by atoms with Crippen molar-refractivity contribution < 1.29 is 35.9 Å². The van der Waals surface area contributed by atoms with Gasteiger partial charge >= 0.3 is 12.5 Å². The van der Waals surface area contributed by atoms with Crippen molar-refractivity contribution in [2.45, 2.75) is 19.1 Å². The van der Waals surface area contributed by atoms with Gasteiger partial charge in [0.25, 0.3) is 5.24 Å². The highest BCUT2D eigenvalue weighted by molar-refractivity contribution is 6.67. The Labute approximate surface area is 112 Å². The Morgan fingerprint density at radius 1 is 1.30 bits per heavy atom. The normalized spacial score (nSPS) is 12.4. The molecule has 20 heavy (non-hydrogen) atoms. The van der Waals surface area contributed by atoms with Gasteiger partial charge in [0.05, 0.1) is 5.56 Å². The van der Waals surface area contributed by atoms with Gasteiger partial charge in [-0.05, 0) is 17.7 Å². The summed E-state index contributed by atoms with van der Waals surface area (Å²) in [6.07, 6.45) is -10.4. The Kier molecular flexibility index (Phi) is 4.49. The van der Waals surface area contributed by atoms with Gasteiger partial charge in [-0.1, -0.05) is 0 Å². The molecule has 0 radical (unpaired) electrons. The number of carbonyl (C=O) groups excluding carboxylic acids is 1. The van der Waals surface area contributed by atoms with Crippen LogP contribution in [0.5, 0.6) is 5.88 Å². The SMILES string of the molecule is NCc1cc(C(=O)Cl)c(C(F)(F)F)nc1OC(F)(F)F. The second-order valence-corrected chi connectivity index (χ2v) is 3.72. The third kappa shape index (κ3) is 3.97. The monoisotopic (exact) mass is 322 g/mol. The van der Waals surface area contributed by atoms with Crippen molar-refractivity contribution in [1.82, 2.24) is 4.98 Å². The second-order valence-electron chi connectivity index (χ2n) is 3.37. The molecular formula is C9H5ClF6N2O2. The minimum Gasteiger partial charge on any atom is -0.388 e. The van der Waals surface area contributed by atoms with Gasteiger partial charge in [-0.3, -0.25) is 4.79 Å². The predicted molar refractivity (Wildman–Crippen MR) is 54.0 cm³/mol. The van der Waals surface area contributed by atoms with Gasteiger partial charge in [0.1, 0.15) is 0 Å². The number of pyridine rings is 1. The van der Waals surface area contributed by atoms with E-state index in [1.54, 1.807) is 0 Å². The van der Waals surface area contributed by atoms with Crippen molar-refractivity contribution in [2.75, 3.05) is 0 Å². The molecule has 0 aromatic carbocycles. The van der Waals surface area contributed by atoms with E-state index in [0.717, 1.165) is 0 Å². The van der Waals surface area contributed by atoms with Crippen LogP contribution in [0.4, 0.5) is 26.3 Å². The molecule has 0 aliphatic rings. The van der Waals surface area contributed by atoms with Gasteiger partial charge in [0, 0.05) is 12.1 Å². The molecule has 2 N–H and O–H groups in total. The number of carbonyl (C=O) groups is 1. The van der Waals surface area contributed by atoms with Gasteiger partial charge in [-0.15, -0.1) is 13.2 Å². The van der Waals surface area contributed by atoms with E-state index in [0.29, 0.717) is 6.07 Å². The molecule has 0 amide bonds. The molecular weight excluding hydrogens is 318 g/mol. The van der Waals surface area contributed by atoms with E-state index in [-0.39, 0.29) is 0 Å². The van der Waals surface area contributed by atoms with E-state index in [9.17, 15) is 31.1 Å². The summed E-state index contributed by atoms with van der Waals surface area (Å²) in [7, 11) is 0. The third-order valence-corrected chi connectivity index (χ3v) is 2.18. The van der Waals surface area contributed by atoms with Crippen molar-refractivity contribution in [3.8, 4) is 5.88 Å². The Bertz CT molecular complexity index is 528. The summed E-state index contributed by atoms with van der Waals surface area (Å²) < 4.78 is 77.4. The first-order valence-electron chi connectivity index (χ1n) is 4.72. The van der Waals surface area contributed by atoms with E-state index < -0.39 is 47.0 Å². The molecule has 1 aromatic rings. The standard InChI is InChI=1S/C9H5ClF6N2O2/c10-6(19)4-1-3(2-17)7(20-9(14,15)16)18-5(4)8(11,12)13/h1H,2,17H2. The Morgan fingerprint density at radius 3 is 2.20 bits per heavy atom. The van der Waals surface area contributed by atoms with Gasteiger partial charge in [0.2, 0.25) is 5.88 Å². The molecule has 1 rings (SSSR count). The van der Waals surface area contributed by atoms with Crippen LogP contribution in [0.15, 0.2) is 6.07 Å². The molecule has 0 unspecified atom stereocenters. The second kappa shape index (κ2) is 5.44. The zero-order valence-electron chi connectivity index (χ0n) is 9.27. The summed E-state index contributed by atoms with van der Waals surface area (Å²) in [5, 5.41) is -1.53. The average molecular weight is 323 g/mol. The van der Waals surface area contributed by atoms with Gasteiger partial charge in [0.15, 0.2) is 5.69 Å². The molecule has 1 heterocycles. The fraction of sp³-hybridized carbons (Fsp3) is 0.333. The van der Waals surface area contributed by atoms with Gasteiger partial charge in [-0.2, -0.15) is 13.2 Å². The van der Waals surface area contributed by atoms with E-state index >= 15 is 0 Å². The summed E-state index contributed by atoms with van der Waals surface area (Å²) in [5.41, 5.74) is 1.55. The van der Waals surface area contributed by atoms with Crippen LogP contribution < -0.4 is 10.5 Å². The fourth-order valence-corrected chi connectivity index (χ4v) is 1.39. The number of hydrogen-bond donors (Lipinski definition) is 1. The minimum absolute atomic E-state index is 0.465. The Hall–Kier alpha value is -1.55. The predicted octanol–water partition coefficient (Wildman–Crippen LogP) is 2.84. The molecule has 4 nitrogen and oxygen atoms in total. The van der Waals surface area contributed by atoms with Crippen LogP contribution in [0, 0.1) is 0 Å². The number of hydrogen-bond acceptors (Lipinski definition) is 4. The molecule has 0 spiro atoms. The lowest BCUT2D eigenvalue weighted by molar-refractivity contribution is -0.276. The van der Waals surface area contributed by atoms with E-state index in [4.69, 9.17) is 17.3 Å². The van der Waals surface area contributed by atoms with Gasteiger partial charge in [-0.25, -0.2) is 4.98 Å². The average Bonchev–Trinajstić information content (AvgIpc) is 2.24. The maximum absolute atomic E-state index is 12.6. The number of alkyl halides is 6. The lowest BCUT2D eigenvalue weighted by Gasteiger charge is -2.16. The summed E-state index contributed by atoms with van der Waals surface area (Å²) >= 11 is 4.95. The first-order valence-corrected chi connectivity index (χ1v) is 5.10. The fourth-order valence-electron chi connectivity index (χ4n) is 1.25. The maximum atomic E-state index is 12.6. The van der Waals surface area contributed by atoms with Crippen LogP contribution in [-0.2, 0) is 12.7 Å². The molecule has 112 valence electrons. The largest absolute Gasteiger partial charge is 0.574 e. The minimum atomic E-state index is -5.26. The molecule has 0 fully saturated rings. The molecule has 0 bridgehead atoms. The number of aromatic nitrogens is 1. The maximum Gasteiger partial charge on any atom is 0.574 e. The summed E-state index contributed by atoms with van der Waals surface area (Å²) in [5.74, 6) is -1.38. The summed E-state index contributed by atoms with van der Waals surface area (Å²) in [4.78, 5) is 13.6. The van der Waals surface area contributed by atoms with Crippen molar-refractivity contribution >= 4 is 16.8 Å². The molecule has 1 aromatic heterocycles. The van der Waals surface area contributed by atoms with Crippen molar-refractivity contribution in [3.63, 3.8) is 0 Å². The van der Waals surface area contributed by atoms with Crippen LogP contribution in [0.3, 0.4) is 0 Å². The van der Waals surface area contributed by atoms with Crippen molar-refractivity contribution in [1.29, 1.82) is 0 Å². The van der Waals surface area contributed by atoms with Crippen LogP contribution in [-0.4, -0.2) is 16.6 Å². The van der Waals surface area contributed by atoms with E-state index in [1.165, 1.54) is 0 Å². The molecule has 0 saturated carbocycles. The number of halogens is 7. The van der Waals surface area contributed by atoms with Crippen LogP contribution in [0.1, 0.15) is 21.6 Å². The lowest BCUT2D eigenvalue weighted by atomic mass is 10.1. The van der Waals surface area contributed by atoms with Crippen molar-refractivity contribution in [2.24, 2.45) is 5.73 Å². The highest BCUT2D eigenvalue weighted by Gasteiger charge is 2.40. The van der Waals surface area contributed by atoms with Crippen molar-refractivity contribution in [3.05, 3.63) is 22.9 Å².